The van der Waals surface area contributed by atoms with Gasteiger partial charge in [0.25, 0.3) is 11.7 Å². The lowest BCUT2D eigenvalue weighted by molar-refractivity contribution is -0.140. The molecule has 1 saturated heterocycles. The summed E-state index contributed by atoms with van der Waals surface area (Å²) in [6, 6.07) is 25.4. The highest BCUT2D eigenvalue weighted by Gasteiger charge is 2.45. The fourth-order valence-electron chi connectivity index (χ4n) is 3.57. The fraction of sp³-hybridized carbons (Fsp3) is 0.0833. The van der Waals surface area contributed by atoms with Crippen LogP contribution < -0.4 is 0 Å². The van der Waals surface area contributed by atoms with Gasteiger partial charge in [0.05, 0.1) is 11.6 Å². The van der Waals surface area contributed by atoms with Crippen LogP contribution in [-0.2, 0) is 16.1 Å². The molecule has 1 atom stereocenters. The molecular formula is C24H18INO3. The normalized spacial score (nSPS) is 18.2. The molecule has 1 fully saturated rings. The summed E-state index contributed by atoms with van der Waals surface area (Å²) in [5.41, 5.74) is 2.35. The molecule has 3 aromatic carbocycles. The number of ketones is 1. The van der Waals surface area contributed by atoms with Crippen molar-refractivity contribution >= 4 is 40.0 Å². The molecule has 0 saturated carbocycles. The van der Waals surface area contributed by atoms with Gasteiger partial charge in [-0.15, -0.1) is 0 Å². The maximum Gasteiger partial charge on any atom is 0.295 e. The Morgan fingerprint density at radius 3 is 2.07 bits per heavy atom. The zero-order valence-electron chi connectivity index (χ0n) is 15.5. The molecule has 0 spiro atoms. The number of hydrogen-bond acceptors (Lipinski definition) is 3. The van der Waals surface area contributed by atoms with E-state index in [9.17, 15) is 14.7 Å². The van der Waals surface area contributed by atoms with Gasteiger partial charge in [0.15, 0.2) is 0 Å². The number of nitrogens with zero attached hydrogens (tertiary/aromatic N) is 1. The minimum Gasteiger partial charge on any atom is -0.507 e. The smallest absolute Gasteiger partial charge is 0.295 e. The van der Waals surface area contributed by atoms with Gasteiger partial charge in [-0.05, 0) is 45.9 Å². The maximum absolute atomic E-state index is 13.0. The van der Waals surface area contributed by atoms with Gasteiger partial charge in [-0.1, -0.05) is 72.8 Å². The minimum atomic E-state index is -0.661. The lowest BCUT2D eigenvalue weighted by Crippen LogP contribution is -2.29. The van der Waals surface area contributed by atoms with Crippen LogP contribution in [0.2, 0.25) is 0 Å². The van der Waals surface area contributed by atoms with Gasteiger partial charge in [0.2, 0.25) is 0 Å². The van der Waals surface area contributed by atoms with E-state index in [4.69, 9.17) is 0 Å². The maximum atomic E-state index is 13.0. The number of carbonyl (C=O) groups excluding carboxylic acids is 2. The third-order valence-corrected chi connectivity index (χ3v) is 5.69. The monoisotopic (exact) mass is 495 g/mol. The van der Waals surface area contributed by atoms with E-state index in [2.05, 4.69) is 22.6 Å². The largest absolute Gasteiger partial charge is 0.507 e. The van der Waals surface area contributed by atoms with Crippen LogP contribution in [0.3, 0.4) is 0 Å². The van der Waals surface area contributed by atoms with Crippen LogP contribution in [0.25, 0.3) is 5.76 Å². The van der Waals surface area contributed by atoms with Crippen LogP contribution in [0.4, 0.5) is 0 Å². The van der Waals surface area contributed by atoms with E-state index in [1.165, 1.54) is 4.90 Å². The second-order valence-electron chi connectivity index (χ2n) is 6.83. The molecule has 1 heterocycles. The van der Waals surface area contributed by atoms with Gasteiger partial charge < -0.3 is 10.0 Å². The molecule has 0 radical (unpaired) electrons. The van der Waals surface area contributed by atoms with E-state index in [0.29, 0.717) is 5.56 Å². The molecule has 1 N–H and O–H groups in total. The van der Waals surface area contributed by atoms with E-state index in [-0.39, 0.29) is 17.9 Å². The Morgan fingerprint density at radius 1 is 0.862 bits per heavy atom. The Bertz CT molecular complexity index is 1080. The van der Waals surface area contributed by atoms with Crippen LogP contribution in [0.15, 0.2) is 90.5 Å². The van der Waals surface area contributed by atoms with Crippen LogP contribution in [0.1, 0.15) is 22.7 Å². The Labute approximate surface area is 182 Å². The highest BCUT2D eigenvalue weighted by Crippen LogP contribution is 2.40. The van der Waals surface area contributed by atoms with Crippen molar-refractivity contribution in [3.8, 4) is 0 Å². The number of carbonyl (C=O) groups is 2. The first-order valence-electron chi connectivity index (χ1n) is 9.19. The van der Waals surface area contributed by atoms with Gasteiger partial charge in [-0.2, -0.15) is 0 Å². The van der Waals surface area contributed by atoms with Crippen molar-refractivity contribution in [3.05, 3.63) is 111 Å². The zero-order chi connectivity index (χ0) is 20.4. The van der Waals surface area contributed by atoms with Crippen molar-refractivity contribution in [2.24, 2.45) is 0 Å². The summed E-state index contributed by atoms with van der Waals surface area (Å²) < 4.78 is 1.05. The van der Waals surface area contributed by atoms with Crippen LogP contribution in [0.5, 0.6) is 0 Å². The third kappa shape index (κ3) is 3.82. The fourth-order valence-corrected chi connectivity index (χ4v) is 3.93. The number of halogens is 1. The minimum absolute atomic E-state index is 0.123. The van der Waals surface area contributed by atoms with E-state index >= 15 is 0 Å². The van der Waals surface area contributed by atoms with Crippen molar-refractivity contribution in [2.75, 3.05) is 0 Å². The lowest BCUT2D eigenvalue weighted by Gasteiger charge is -2.25. The lowest BCUT2D eigenvalue weighted by atomic mass is 9.95. The molecule has 0 aliphatic carbocycles. The molecule has 1 unspecified atom stereocenters. The number of benzene rings is 3. The zero-order valence-corrected chi connectivity index (χ0v) is 17.6. The first-order valence-corrected chi connectivity index (χ1v) is 10.3. The Morgan fingerprint density at radius 2 is 1.45 bits per heavy atom. The average Bonchev–Trinajstić information content (AvgIpc) is 3.00. The molecule has 1 amide bonds. The number of amides is 1. The van der Waals surface area contributed by atoms with Crippen molar-refractivity contribution in [3.63, 3.8) is 0 Å². The Hall–Kier alpha value is -2.93. The highest BCUT2D eigenvalue weighted by atomic mass is 127. The van der Waals surface area contributed by atoms with Crippen LogP contribution >= 0.6 is 22.6 Å². The Kier molecular flexibility index (Phi) is 5.49. The van der Waals surface area contributed by atoms with Crippen molar-refractivity contribution in [2.45, 2.75) is 12.6 Å². The van der Waals surface area contributed by atoms with Crippen LogP contribution in [0, 0.1) is 3.57 Å². The topological polar surface area (TPSA) is 57.6 Å². The highest BCUT2D eigenvalue weighted by molar-refractivity contribution is 14.1. The number of aliphatic hydroxyl groups excluding tert-OH is 1. The summed E-state index contributed by atoms with van der Waals surface area (Å²) in [6.45, 7) is 0.285. The van der Waals surface area contributed by atoms with E-state index in [0.717, 1.165) is 14.7 Å². The molecule has 3 aromatic rings. The molecule has 0 aromatic heterocycles. The average molecular weight is 495 g/mol. The molecule has 1 aliphatic heterocycles. The number of likely N-dealkylation sites (tertiary alicyclic amines) is 1. The SMILES string of the molecule is O=C1C(=O)N(Cc2ccccc2)C(c2ccc(I)cc2)C1=C(O)c1ccccc1. The number of hydrogen-bond donors (Lipinski definition) is 1. The van der Waals surface area contributed by atoms with Gasteiger partial charge in [0.1, 0.15) is 5.76 Å². The quantitative estimate of drug-likeness (QED) is 0.242. The predicted molar refractivity (Wildman–Crippen MR) is 120 cm³/mol. The number of aliphatic hydroxyl groups is 1. The first-order chi connectivity index (χ1) is 14.1. The van der Waals surface area contributed by atoms with Gasteiger partial charge in [-0.3, -0.25) is 9.59 Å². The number of Topliss-reactive ketones (excluding diaryl/α,β-unsaturated/α-hetero) is 1. The molecule has 4 rings (SSSR count). The van der Waals surface area contributed by atoms with Crippen molar-refractivity contribution in [1.29, 1.82) is 0 Å². The molecule has 0 bridgehead atoms. The molecule has 5 heteroatoms. The summed E-state index contributed by atoms with van der Waals surface area (Å²) in [5, 5.41) is 11.0. The van der Waals surface area contributed by atoms with Gasteiger partial charge in [-0.25, -0.2) is 0 Å². The molecular weight excluding hydrogens is 477 g/mol. The summed E-state index contributed by atoms with van der Waals surface area (Å²) in [4.78, 5) is 27.4. The van der Waals surface area contributed by atoms with Crippen molar-refractivity contribution < 1.29 is 14.7 Å². The third-order valence-electron chi connectivity index (χ3n) is 4.97. The van der Waals surface area contributed by atoms with E-state index < -0.39 is 17.7 Å². The molecule has 4 nitrogen and oxygen atoms in total. The number of rotatable bonds is 4. The van der Waals surface area contributed by atoms with Crippen molar-refractivity contribution in [1.82, 2.24) is 4.90 Å². The van der Waals surface area contributed by atoms with Gasteiger partial charge in [0, 0.05) is 15.7 Å². The van der Waals surface area contributed by atoms with Gasteiger partial charge >= 0.3 is 0 Å². The first kappa shape index (κ1) is 19.4. The molecule has 1 aliphatic rings. The molecule has 144 valence electrons. The summed E-state index contributed by atoms with van der Waals surface area (Å²) in [7, 11) is 0. The second kappa shape index (κ2) is 8.21. The second-order valence-corrected chi connectivity index (χ2v) is 8.08. The van der Waals surface area contributed by atoms with Crippen LogP contribution in [-0.4, -0.2) is 21.7 Å². The predicted octanol–water partition coefficient (Wildman–Crippen LogP) is 4.91. The summed E-state index contributed by atoms with van der Waals surface area (Å²) in [5.74, 6) is -1.41. The van der Waals surface area contributed by atoms with E-state index in [1.807, 2.05) is 60.7 Å². The van der Waals surface area contributed by atoms with E-state index in [1.54, 1.807) is 24.3 Å². The summed E-state index contributed by atoms with van der Waals surface area (Å²) >= 11 is 2.21. The Balaban J connectivity index is 1.86. The molecule has 29 heavy (non-hydrogen) atoms. The summed E-state index contributed by atoms with van der Waals surface area (Å²) in [6.07, 6.45) is 0. The standard InChI is InChI=1S/C24H18INO3/c25-19-13-11-17(12-14-19)21-20(22(27)18-9-5-2-6-10-18)23(28)24(29)26(21)15-16-7-3-1-4-8-16/h1-14,21,27H,15H2.